The SMILES string of the molecule is Cc1nc(C(C)N(C)Cc2nc(-c3ccsc3)oc2C)c(C)s1. The van der Waals surface area contributed by atoms with Crippen molar-refractivity contribution in [3.05, 3.63) is 43.9 Å². The molecule has 0 bridgehead atoms. The van der Waals surface area contributed by atoms with Gasteiger partial charge in [-0.05, 0) is 46.2 Å². The van der Waals surface area contributed by atoms with Crippen LogP contribution in [-0.2, 0) is 6.54 Å². The zero-order chi connectivity index (χ0) is 16.6. The van der Waals surface area contributed by atoms with Gasteiger partial charge in [-0.25, -0.2) is 9.97 Å². The van der Waals surface area contributed by atoms with E-state index in [1.54, 1.807) is 22.7 Å². The van der Waals surface area contributed by atoms with Crippen molar-refractivity contribution < 1.29 is 4.42 Å². The van der Waals surface area contributed by atoms with Crippen LogP contribution in [0.4, 0.5) is 0 Å². The molecular weight excluding hydrogens is 326 g/mol. The molecule has 0 saturated carbocycles. The van der Waals surface area contributed by atoms with Crippen LogP contribution in [0.3, 0.4) is 0 Å². The van der Waals surface area contributed by atoms with Gasteiger partial charge in [0.2, 0.25) is 5.89 Å². The second kappa shape index (κ2) is 6.55. The molecule has 6 heteroatoms. The number of thiazole rings is 1. The topological polar surface area (TPSA) is 42.2 Å². The van der Waals surface area contributed by atoms with E-state index in [-0.39, 0.29) is 6.04 Å². The lowest BCUT2D eigenvalue weighted by atomic mass is 10.2. The Morgan fingerprint density at radius 2 is 2.04 bits per heavy atom. The van der Waals surface area contributed by atoms with Crippen molar-refractivity contribution in [3.63, 3.8) is 0 Å². The highest BCUT2D eigenvalue weighted by molar-refractivity contribution is 7.11. The average Bonchev–Trinajstić information content (AvgIpc) is 3.20. The Labute approximate surface area is 144 Å². The standard InChI is InChI=1S/C17H21N3OS2/c1-10(16-12(3)23-13(4)18-16)20(5)8-15-11(2)21-17(19-15)14-6-7-22-9-14/h6-7,9-10H,8H2,1-5H3. The number of nitrogens with zero attached hydrogens (tertiary/aromatic N) is 3. The molecule has 1 unspecified atom stereocenters. The van der Waals surface area contributed by atoms with Crippen LogP contribution in [0.1, 0.15) is 40.0 Å². The van der Waals surface area contributed by atoms with E-state index in [4.69, 9.17) is 4.42 Å². The molecule has 23 heavy (non-hydrogen) atoms. The molecule has 0 N–H and O–H groups in total. The number of thiophene rings is 1. The number of hydrogen-bond donors (Lipinski definition) is 0. The second-order valence-corrected chi connectivity index (χ2v) is 7.99. The summed E-state index contributed by atoms with van der Waals surface area (Å²) in [5.41, 5.74) is 3.20. The van der Waals surface area contributed by atoms with Crippen molar-refractivity contribution in [2.75, 3.05) is 7.05 Å². The van der Waals surface area contributed by atoms with Crippen LogP contribution in [0, 0.1) is 20.8 Å². The van der Waals surface area contributed by atoms with Gasteiger partial charge in [0.1, 0.15) is 5.76 Å². The molecule has 3 rings (SSSR count). The molecule has 0 radical (unpaired) electrons. The van der Waals surface area contributed by atoms with E-state index in [0.29, 0.717) is 5.89 Å². The zero-order valence-electron chi connectivity index (χ0n) is 14.1. The average molecular weight is 348 g/mol. The molecular formula is C17H21N3OS2. The van der Waals surface area contributed by atoms with Crippen LogP contribution < -0.4 is 0 Å². The van der Waals surface area contributed by atoms with Gasteiger partial charge >= 0.3 is 0 Å². The summed E-state index contributed by atoms with van der Waals surface area (Å²) in [5.74, 6) is 1.59. The number of hydrogen-bond acceptors (Lipinski definition) is 6. The Kier molecular flexibility index (Phi) is 4.66. The Balaban J connectivity index is 1.77. The van der Waals surface area contributed by atoms with E-state index in [0.717, 1.165) is 34.3 Å². The molecule has 0 aromatic carbocycles. The Morgan fingerprint density at radius 3 is 2.65 bits per heavy atom. The molecule has 0 aliphatic heterocycles. The summed E-state index contributed by atoms with van der Waals surface area (Å²) in [4.78, 5) is 12.9. The first-order valence-electron chi connectivity index (χ1n) is 7.58. The van der Waals surface area contributed by atoms with Crippen LogP contribution >= 0.6 is 22.7 Å². The van der Waals surface area contributed by atoms with E-state index in [2.05, 4.69) is 48.1 Å². The summed E-state index contributed by atoms with van der Waals surface area (Å²) in [5, 5.41) is 5.22. The van der Waals surface area contributed by atoms with E-state index in [1.807, 2.05) is 18.4 Å². The van der Waals surface area contributed by atoms with Crippen molar-refractivity contribution >= 4 is 22.7 Å². The Hall–Kier alpha value is -1.50. The van der Waals surface area contributed by atoms with E-state index < -0.39 is 0 Å². The van der Waals surface area contributed by atoms with E-state index in [1.165, 1.54) is 4.88 Å². The molecule has 3 aromatic rings. The van der Waals surface area contributed by atoms with Gasteiger partial charge in [-0.2, -0.15) is 11.3 Å². The predicted octanol–water partition coefficient (Wildman–Crippen LogP) is 4.98. The minimum atomic E-state index is 0.251. The predicted molar refractivity (Wildman–Crippen MR) is 96.0 cm³/mol. The van der Waals surface area contributed by atoms with Gasteiger partial charge in [-0.1, -0.05) is 0 Å². The lowest BCUT2D eigenvalue weighted by Gasteiger charge is -2.23. The number of rotatable bonds is 5. The zero-order valence-corrected chi connectivity index (χ0v) is 15.7. The number of aryl methyl sites for hydroxylation is 3. The summed E-state index contributed by atoms with van der Waals surface area (Å²) in [6.45, 7) is 9.12. The second-order valence-electron chi connectivity index (χ2n) is 5.80. The molecule has 0 aliphatic carbocycles. The van der Waals surface area contributed by atoms with E-state index >= 15 is 0 Å². The highest BCUT2D eigenvalue weighted by Crippen LogP contribution is 2.29. The molecule has 4 nitrogen and oxygen atoms in total. The first-order valence-corrected chi connectivity index (χ1v) is 9.34. The van der Waals surface area contributed by atoms with Gasteiger partial charge in [0, 0.05) is 22.4 Å². The third-order valence-electron chi connectivity index (χ3n) is 4.06. The molecule has 0 amide bonds. The summed E-state index contributed by atoms with van der Waals surface area (Å²) in [6, 6.07) is 2.29. The van der Waals surface area contributed by atoms with Crippen molar-refractivity contribution in [1.29, 1.82) is 0 Å². The quantitative estimate of drug-likeness (QED) is 0.653. The van der Waals surface area contributed by atoms with Crippen molar-refractivity contribution in [2.24, 2.45) is 0 Å². The summed E-state index contributed by atoms with van der Waals surface area (Å²) in [6.07, 6.45) is 0. The maximum atomic E-state index is 5.83. The van der Waals surface area contributed by atoms with Crippen LogP contribution in [-0.4, -0.2) is 21.9 Å². The van der Waals surface area contributed by atoms with Crippen molar-refractivity contribution in [2.45, 2.75) is 40.3 Å². The van der Waals surface area contributed by atoms with Crippen LogP contribution in [0.15, 0.2) is 21.2 Å². The fourth-order valence-corrected chi connectivity index (χ4v) is 4.14. The van der Waals surface area contributed by atoms with Crippen LogP contribution in [0.2, 0.25) is 0 Å². The minimum Gasteiger partial charge on any atom is -0.441 e. The Morgan fingerprint density at radius 1 is 1.26 bits per heavy atom. The Bertz CT molecular complexity index is 789. The molecule has 3 heterocycles. The lowest BCUT2D eigenvalue weighted by Crippen LogP contribution is -2.23. The highest BCUT2D eigenvalue weighted by atomic mass is 32.1. The van der Waals surface area contributed by atoms with Crippen molar-refractivity contribution in [3.8, 4) is 11.5 Å². The first-order chi connectivity index (χ1) is 11.0. The first kappa shape index (κ1) is 16.4. The fraction of sp³-hybridized carbons (Fsp3) is 0.412. The smallest absolute Gasteiger partial charge is 0.227 e. The molecule has 0 aliphatic rings. The van der Waals surface area contributed by atoms with Crippen LogP contribution in [0.5, 0.6) is 0 Å². The summed E-state index contributed by atoms with van der Waals surface area (Å²) < 4.78 is 5.83. The molecule has 3 aromatic heterocycles. The monoisotopic (exact) mass is 347 g/mol. The third-order valence-corrected chi connectivity index (χ3v) is 5.64. The third kappa shape index (κ3) is 3.39. The van der Waals surface area contributed by atoms with Gasteiger partial charge in [0.05, 0.1) is 22.4 Å². The van der Waals surface area contributed by atoms with Gasteiger partial charge < -0.3 is 4.42 Å². The molecule has 0 saturated heterocycles. The van der Waals surface area contributed by atoms with Crippen molar-refractivity contribution in [1.82, 2.24) is 14.9 Å². The summed E-state index contributed by atoms with van der Waals surface area (Å²) >= 11 is 3.41. The summed E-state index contributed by atoms with van der Waals surface area (Å²) in [7, 11) is 2.11. The largest absolute Gasteiger partial charge is 0.441 e. The minimum absolute atomic E-state index is 0.251. The number of aromatic nitrogens is 2. The maximum Gasteiger partial charge on any atom is 0.227 e. The molecule has 1 atom stereocenters. The number of oxazole rings is 1. The fourth-order valence-electron chi connectivity index (χ4n) is 2.60. The van der Waals surface area contributed by atoms with Crippen LogP contribution in [0.25, 0.3) is 11.5 Å². The van der Waals surface area contributed by atoms with Gasteiger partial charge in [-0.15, -0.1) is 11.3 Å². The molecule has 0 spiro atoms. The lowest BCUT2D eigenvalue weighted by molar-refractivity contribution is 0.245. The van der Waals surface area contributed by atoms with Gasteiger partial charge in [0.15, 0.2) is 0 Å². The van der Waals surface area contributed by atoms with Gasteiger partial charge in [0.25, 0.3) is 0 Å². The molecule has 0 fully saturated rings. The normalized spacial score (nSPS) is 13.0. The maximum absolute atomic E-state index is 5.83. The van der Waals surface area contributed by atoms with Gasteiger partial charge in [-0.3, -0.25) is 4.90 Å². The molecule has 122 valence electrons. The van der Waals surface area contributed by atoms with E-state index in [9.17, 15) is 0 Å². The highest BCUT2D eigenvalue weighted by Gasteiger charge is 2.20.